The second-order valence-corrected chi connectivity index (χ2v) is 7.35. The van der Waals surface area contributed by atoms with Crippen LogP contribution in [0.5, 0.6) is 0 Å². The quantitative estimate of drug-likeness (QED) is 0.790. The van der Waals surface area contributed by atoms with Gasteiger partial charge in [0, 0.05) is 25.3 Å². The summed E-state index contributed by atoms with van der Waals surface area (Å²) >= 11 is 0. The number of allylic oxidation sites excluding steroid dienone is 1. The molecule has 1 aliphatic heterocycles. The predicted molar refractivity (Wildman–Crippen MR) is 104 cm³/mol. The van der Waals surface area contributed by atoms with Gasteiger partial charge < -0.3 is 20.3 Å². The van der Waals surface area contributed by atoms with Crippen molar-refractivity contribution in [3.63, 3.8) is 0 Å². The summed E-state index contributed by atoms with van der Waals surface area (Å²) in [6.45, 7) is 7.10. The molecule has 7 heteroatoms. The molecule has 7 nitrogen and oxygen atoms in total. The molecule has 1 saturated heterocycles. The van der Waals surface area contributed by atoms with Crippen LogP contribution in [-0.4, -0.2) is 30.8 Å². The number of carbonyl (C=O) groups excluding carboxylic acids is 1. The van der Waals surface area contributed by atoms with Crippen LogP contribution in [0.25, 0.3) is 0 Å². The first-order valence-electron chi connectivity index (χ1n) is 8.93. The maximum atomic E-state index is 11.9. The van der Waals surface area contributed by atoms with Crippen molar-refractivity contribution in [2.24, 2.45) is 0 Å². The Hall–Kier alpha value is -3.19. The van der Waals surface area contributed by atoms with E-state index in [1.54, 1.807) is 0 Å². The number of para-hydroxylation sites is 2. The number of hydrogen-bond donors (Lipinski definition) is 2. The van der Waals surface area contributed by atoms with Crippen molar-refractivity contribution in [3.8, 4) is 12.1 Å². The zero-order valence-electron chi connectivity index (χ0n) is 16.0. The van der Waals surface area contributed by atoms with E-state index in [9.17, 15) is 4.79 Å². The Balaban J connectivity index is 1.97. The first kappa shape index (κ1) is 20.1. The second-order valence-electron chi connectivity index (χ2n) is 7.35. The van der Waals surface area contributed by atoms with E-state index >= 15 is 0 Å². The number of carbonyl (C=O) groups is 1. The van der Waals surface area contributed by atoms with Crippen LogP contribution >= 0.6 is 0 Å². The van der Waals surface area contributed by atoms with E-state index < -0.39 is 5.60 Å². The zero-order valence-corrected chi connectivity index (χ0v) is 16.0. The minimum atomic E-state index is -0.505. The maximum Gasteiger partial charge on any atom is 0.407 e. The van der Waals surface area contributed by atoms with Crippen LogP contribution in [0.1, 0.15) is 33.6 Å². The molecule has 1 heterocycles. The monoisotopic (exact) mass is 367 g/mol. The first-order chi connectivity index (χ1) is 12.8. The molecular formula is C20H25N5O2. The molecule has 0 unspecified atom stereocenters. The number of hydrogen-bond acceptors (Lipinski definition) is 6. The zero-order chi connectivity index (χ0) is 19.9. The Morgan fingerprint density at radius 2 is 1.85 bits per heavy atom. The molecule has 142 valence electrons. The fraction of sp³-hybridized carbons (Fsp3) is 0.450. The van der Waals surface area contributed by atoms with Crippen LogP contribution in [0, 0.1) is 22.7 Å². The molecule has 0 bridgehead atoms. The van der Waals surface area contributed by atoms with Gasteiger partial charge in [-0.3, -0.25) is 0 Å². The summed E-state index contributed by atoms with van der Waals surface area (Å²) < 4.78 is 5.31. The number of piperidine rings is 1. The standard InChI is InChI=1S/C20H25N5O2/c1-20(2,3)27-19(26)24-16-8-10-25(11-9-16)18-7-5-4-6-17(18)23-14-15(12-21)13-22/h4-7,14,16,23H,8-11H2,1-3H3,(H,24,26). The lowest BCUT2D eigenvalue weighted by Gasteiger charge is -2.35. The lowest BCUT2D eigenvalue weighted by Crippen LogP contribution is -2.46. The summed E-state index contributed by atoms with van der Waals surface area (Å²) in [6.07, 6.45) is 2.65. The molecule has 2 rings (SSSR count). The molecule has 1 amide bonds. The number of ether oxygens (including phenoxy) is 1. The molecule has 27 heavy (non-hydrogen) atoms. The Morgan fingerprint density at radius 1 is 1.22 bits per heavy atom. The van der Waals surface area contributed by atoms with Crippen molar-refractivity contribution < 1.29 is 9.53 Å². The number of rotatable bonds is 4. The third-order valence-electron chi connectivity index (χ3n) is 4.07. The SMILES string of the molecule is CC(C)(C)OC(=O)NC1CCN(c2ccccc2NC=C(C#N)C#N)CC1. The van der Waals surface area contributed by atoms with E-state index in [2.05, 4.69) is 15.5 Å². The van der Waals surface area contributed by atoms with Crippen LogP contribution in [-0.2, 0) is 4.74 Å². The molecule has 2 N–H and O–H groups in total. The summed E-state index contributed by atoms with van der Waals surface area (Å²) in [6, 6.07) is 11.5. The number of benzene rings is 1. The normalized spacial score (nSPS) is 14.5. The van der Waals surface area contributed by atoms with E-state index in [1.807, 2.05) is 57.2 Å². The van der Waals surface area contributed by atoms with Crippen LogP contribution in [0.2, 0.25) is 0 Å². The molecule has 1 aliphatic rings. The lowest BCUT2D eigenvalue weighted by molar-refractivity contribution is 0.0497. The smallest absolute Gasteiger partial charge is 0.407 e. The van der Waals surface area contributed by atoms with E-state index in [-0.39, 0.29) is 17.7 Å². The number of alkyl carbamates (subject to hydrolysis) is 1. The third-order valence-corrected chi connectivity index (χ3v) is 4.07. The molecule has 0 aromatic heterocycles. The Morgan fingerprint density at radius 3 is 2.44 bits per heavy atom. The Labute approximate surface area is 160 Å². The van der Waals surface area contributed by atoms with Gasteiger partial charge in [-0.15, -0.1) is 0 Å². The molecule has 1 aromatic carbocycles. The van der Waals surface area contributed by atoms with Gasteiger partial charge in [0.2, 0.25) is 0 Å². The van der Waals surface area contributed by atoms with Crippen LogP contribution in [0.15, 0.2) is 36.0 Å². The minimum absolute atomic E-state index is 0.0186. The number of nitrogens with zero attached hydrogens (tertiary/aromatic N) is 3. The van der Waals surface area contributed by atoms with Gasteiger partial charge in [0.1, 0.15) is 23.3 Å². The average molecular weight is 367 g/mol. The molecule has 0 saturated carbocycles. The van der Waals surface area contributed by atoms with E-state index in [4.69, 9.17) is 15.3 Å². The van der Waals surface area contributed by atoms with Crippen LogP contribution in [0.3, 0.4) is 0 Å². The molecule has 0 atom stereocenters. The largest absolute Gasteiger partial charge is 0.444 e. The molecule has 0 radical (unpaired) electrons. The van der Waals surface area contributed by atoms with Gasteiger partial charge in [-0.05, 0) is 45.7 Å². The van der Waals surface area contributed by atoms with Gasteiger partial charge >= 0.3 is 6.09 Å². The highest BCUT2D eigenvalue weighted by molar-refractivity contribution is 5.72. The van der Waals surface area contributed by atoms with E-state index in [1.165, 1.54) is 6.20 Å². The first-order valence-corrected chi connectivity index (χ1v) is 8.93. The summed E-state index contributed by atoms with van der Waals surface area (Å²) in [5.74, 6) is 0. The Kier molecular flexibility index (Phi) is 6.67. The predicted octanol–water partition coefficient (Wildman–Crippen LogP) is 3.52. The van der Waals surface area contributed by atoms with Gasteiger partial charge in [0.15, 0.2) is 0 Å². The van der Waals surface area contributed by atoms with Gasteiger partial charge in [0.25, 0.3) is 0 Å². The van der Waals surface area contributed by atoms with Crippen LogP contribution < -0.4 is 15.5 Å². The van der Waals surface area contributed by atoms with Crippen molar-refractivity contribution in [3.05, 3.63) is 36.0 Å². The van der Waals surface area contributed by atoms with Crippen molar-refractivity contribution in [1.82, 2.24) is 5.32 Å². The fourth-order valence-corrected chi connectivity index (χ4v) is 2.85. The van der Waals surface area contributed by atoms with Crippen molar-refractivity contribution >= 4 is 17.5 Å². The highest BCUT2D eigenvalue weighted by atomic mass is 16.6. The van der Waals surface area contributed by atoms with Gasteiger partial charge in [-0.1, -0.05) is 12.1 Å². The number of amides is 1. The fourth-order valence-electron chi connectivity index (χ4n) is 2.85. The Bertz CT molecular complexity index is 759. The highest BCUT2D eigenvalue weighted by Crippen LogP contribution is 2.28. The number of anilines is 2. The lowest BCUT2D eigenvalue weighted by atomic mass is 10.0. The highest BCUT2D eigenvalue weighted by Gasteiger charge is 2.24. The van der Waals surface area contributed by atoms with Gasteiger partial charge in [-0.25, -0.2) is 4.79 Å². The molecule has 0 spiro atoms. The van der Waals surface area contributed by atoms with Crippen molar-refractivity contribution in [2.75, 3.05) is 23.3 Å². The molecular weight excluding hydrogens is 342 g/mol. The topological polar surface area (TPSA) is 101 Å². The third kappa shape index (κ3) is 6.23. The summed E-state index contributed by atoms with van der Waals surface area (Å²) in [5.41, 5.74) is 1.35. The average Bonchev–Trinajstić information content (AvgIpc) is 2.62. The number of nitrogens with one attached hydrogen (secondary N) is 2. The number of nitriles is 2. The summed E-state index contributed by atoms with van der Waals surface area (Å²) in [5, 5.41) is 23.7. The molecule has 0 aliphatic carbocycles. The maximum absolute atomic E-state index is 11.9. The van der Waals surface area contributed by atoms with Crippen molar-refractivity contribution in [1.29, 1.82) is 10.5 Å². The molecule has 1 fully saturated rings. The van der Waals surface area contributed by atoms with Crippen LogP contribution in [0.4, 0.5) is 16.2 Å². The van der Waals surface area contributed by atoms with E-state index in [0.717, 1.165) is 37.3 Å². The van der Waals surface area contributed by atoms with Crippen molar-refractivity contribution in [2.45, 2.75) is 45.3 Å². The summed E-state index contributed by atoms with van der Waals surface area (Å²) in [7, 11) is 0. The second kappa shape index (κ2) is 8.95. The molecule has 1 aromatic rings. The van der Waals surface area contributed by atoms with Gasteiger partial charge in [0.05, 0.1) is 11.4 Å². The van der Waals surface area contributed by atoms with Gasteiger partial charge in [-0.2, -0.15) is 10.5 Å². The van der Waals surface area contributed by atoms with E-state index in [0.29, 0.717) is 0 Å². The summed E-state index contributed by atoms with van der Waals surface area (Å²) in [4.78, 5) is 14.1. The minimum Gasteiger partial charge on any atom is -0.444 e.